The fraction of sp³-hybridized carbons (Fsp3) is 0.385. The van der Waals surface area contributed by atoms with Gasteiger partial charge in [-0.2, -0.15) is 0 Å². The number of para-hydroxylation sites is 2. The molecule has 6 heteroatoms. The van der Waals surface area contributed by atoms with Crippen LogP contribution in [0, 0.1) is 13.8 Å². The standard InChI is InChI=1S/C26H31N3O2S/c1-17-13-14-18(2)24-21(17)15-19(25(30)28-24)16-29(20-9-5-4-6-10-20)26(32)27-22-11-7-8-12-23(22)31-3/h7-8,11-15,20H,4-6,9-10,16H2,1-3H3,(H,27,32)(H,28,30). The molecule has 0 amide bonds. The molecule has 2 N–H and O–H groups in total. The number of thiocarbonyl (C=S) groups is 1. The van der Waals surface area contributed by atoms with Gasteiger partial charge in [-0.3, -0.25) is 4.79 Å². The van der Waals surface area contributed by atoms with E-state index in [0.29, 0.717) is 17.7 Å². The summed E-state index contributed by atoms with van der Waals surface area (Å²) in [5, 5.41) is 5.09. The smallest absolute Gasteiger partial charge is 0.253 e. The molecule has 1 heterocycles. The Morgan fingerprint density at radius 2 is 1.84 bits per heavy atom. The van der Waals surface area contributed by atoms with Gasteiger partial charge in [0.05, 0.1) is 24.9 Å². The third-order valence-corrected chi connectivity index (χ3v) is 6.82. The summed E-state index contributed by atoms with van der Waals surface area (Å²) in [5.41, 5.74) is 4.67. The van der Waals surface area contributed by atoms with E-state index in [4.69, 9.17) is 17.0 Å². The quantitative estimate of drug-likeness (QED) is 0.491. The Morgan fingerprint density at radius 1 is 1.12 bits per heavy atom. The second kappa shape index (κ2) is 9.74. The average Bonchev–Trinajstić information content (AvgIpc) is 2.81. The second-order valence-corrected chi connectivity index (χ2v) is 9.05. The van der Waals surface area contributed by atoms with Crippen LogP contribution in [0.1, 0.15) is 48.8 Å². The van der Waals surface area contributed by atoms with Crippen molar-refractivity contribution in [1.82, 2.24) is 9.88 Å². The highest BCUT2D eigenvalue weighted by molar-refractivity contribution is 7.80. The number of methoxy groups -OCH3 is 1. The minimum Gasteiger partial charge on any atom is -0.495 e. The number of hydrogen-bond acceptors (Lipinski definition) is 3. The second-order valence-electron chi connectivity index (χ2n) is 8.66. The van der Waals surface area contributed by atoms with Crippen molar-refractivity contribution in [2.45, 2.75) is 58.5 Å². The molecule has 0 aliphatic heterocycles. The lowest BCUT2D eigenvalue weighted by atomic mass is 9.94. The Hall–Kier alpha value is -2.86. The van der Waals surface area contributed by atoms with Gasteiger partial charge in [0.25, 0.3) is 5.56 Å². The van der Waals surface area contributed by atoms with E-state index >= 15 is 0 Å². The molecular weight excluding hydrogens is 418 g/mol. The number of pyridine rings is 1. The summed E-state index contributed by atoms with van der Waals surface area (Å²) < 4.78 is 5.49. The highest BCUT2D eigenvalue weighted by Crippen LogP contribution is 2.28. The predicted octanol–water partition coefficient (Wildman–Crippen LogP) is 5.69. The minimum atomic E-state index is -0.0490. The number of aryl methyl sites for hydroxylation is 2. The van der Waals surface area contributed by atoms with E-state index in [0.717, 1.165) is 51.9 Å². The fourth-order valence-electron chi connectivity index (χ4n) is 4.61. The van der Waals surface area contributed by atoms with Crippen molar-refractivity contribution >= 4 is 33.9 Å². The Bertz CT molecular complexity index is 1180. The number of fused-ring (bicyclic) bond motifs is 1. The van der Waals surface area contributed by atoms with E-state index in [1.54, 1.807) is 7.11 Å². The van der Waals surface area contributed by atoms with Crippen LogP contribution in [-0.4, -0.2) is 28.1 Å². The van der Waals surface area contributed by atoms with Gasteiger partial charge in [0.2, 0.25) is 0 Å². The molecule has 0 unspecified atom stereocenters. The molecule has 1 aromatic heterocycles. The topological polar surface area (TPSA) is 57.4 Å². The van der Waals surface area contributed by atoms with Crippen LogP contribution in [0.25, 0.3) is 10.9 Å². The maximum atomic E-state index is 13.0. The zero-order valence-electron chi connectivity index (χ0n) is 19.0. The van der Waals surface area contributed by atoms with Gasteiger partial charge in [-0.05, 0) is 68.2 Å². The molecule has 0 saturated heterocycles. The number of ether oxygens (including phenoxy) is 1. The third-order valence-electron chi connectivity index (χ3n) is 6.49. The molecule has 4 rings (SSSR count). The van der Waals surface area contributed by atoms with Gasteiger partial charge >= 0.3 is 0 Å². The van der Waals surface area contributed by atoms with Crippen LogP contribution < -0.4 is 15.6 Å². The normalized spacial score (nSPS) is 14.3. The van der Waals surface area contributed by atoms with Crippen molar-refractivity contribution in [3.05, 3.63) is 69.5 Å². The largest absolute Gasteiger partial charge is 0.495 e. The van der Waals surface area contributed by atoms with Gasteiger partial charge < -0.3 is 19.9 Å². The van der Waals surface area contributed by atoms with Crippen molar-refractivity contribution in [2.75, 3.05) is 12.4 Å². The number of hydrogen-bond donors (Lipinski definition) is 2. The first-order valence-electron chi connectivity index (χ1n) is 11.3. The van der Waals surface area contributed by atoms with E-state index in [9.17, 15) is 4.79 Å². The first kappa shape index (κ1) is 22.3. The summed E-state index contributed by atoms with van der Waals surface area (Å²) in [5.74, 6) is 0.744. The molecule has 1 fully saturated rings. The SMILES string of the molecule is COc1ccccc1NC(=S)N(Cc1cc2c(C)ccc(C)c2[nH]c1=O)C1CCCCC1. The average molecular weight is 450 g/mol. The number of anilines is 1. The monoisotopic (exact) mass is 449 g/mol. The molecule has 0 atom stereocenters. The van der Waals surface area contributed by atoms with Crippen molar-refractivity contribution in [2.24, 2.45) is 0 Å². The lowest BCUT2D eigenvalue weighted by Gasteiger charge is -2.36. The molecule has 1 saturated carbocycles. The highest BCUT2D eigenvalue weighted by atomic mass is 32.1. The van der Waals surface area contributed by atoms with Crippen LogP contribution in [0.5, 0.6) is 5.75 Å². The maximum absolute atomic E-state index is 13.0. The number of H-pyrrole nitrogens is 1. The van der Waals surface area contributed by atoms with Crippen molar-refractivity contribution in [3.8, 4) is 5.75 Å². The van der Waals surface area contributed by atoms with Crippen LogP contribution in [0.4, 0.5) is 5.69 Å². The minimum absolute atomic E-state index is 0.0490. The van der Waals surface area contributed by atoms with Crippen LogP contribution >= 0.6 is 12.2 Å². The van der Waals surface area contributed by atoms with Crippen molar-refractivity contribution < 1.29 is 4.74 Å². The summed E-state index contributed by atoms with van der Waals surface area (Å²) in [4.78, 5) is 18.3. The van der Waals surface area contributed by atoms with E-state index in [-0.39, 0.29) is 5.56 Å². The van der Waals surface area contributed by atoms with Gasteiger partial charge in [-0.25, -0.2) is 0 Å². The van der Waals surface area contributed by atoms with Gasteiger partial charge in [0.15, 0.2) is 5.11 Å². The number of benzene rings is 2. The molecule has 168 valence electrons. The molecule has 1 aliphatic carbocycles. The Labute approximate surface area is 194 Å². The van der Waals surface area contributed by atoms with E-state index in [1.807, 2.05) is 43.3 Å². The lowest BCUT2D eigenvalue weighted by Crippen LogP contribution is -2.44. The van der Waals surface area contributed by atoms with Crippen LogP contribution in [0.2, 0.25) is 0 Å². The molecule has 1 aliphatic rings. The number of aromatic amines is 1. The van der Waals surface area contributed by atoms with Gasteiger partial charge in [-0.1, -0.05) is 43.5 Å². The Balaban J connectivity index is 1.68. The zero-order valence-corrected chi connectivity index (χ0v) is 19.8. The van der Waals surface area contributed by atoms with E-state index < -0.39 is 0 Å². The van der Waals surface area contributed by atoms with Crippen molar-refractivity contribution in [1.29, 1.82) is 0 Å². The molecule has 0 bridgehead atoms. The fourth-order valence-corrected chi connectivity index (χ4v) is 4.94. The number of nitrogens with zero attached hydrogens (tertiary/aromatic N) is 1. The number of nitrogens with one attached hydrogen (secondary N) is 2. The summed E-state index contributed by atoms with van der Waals surface area (Å²) in [6, 6.07) is 14.3. The van der Waals surface area contributed by atoms with E-state index in [1.165, 1.54) is 19.3 Å². The molecule has 5 nitrogen and oxygen atoms in total. The zero-order chi connectivity index (χ0) is 22.7. The molecule has 0 spiro atoms. The summed E-state index contributed by atoms with van der Waals surface area (Å²) in [7, 11) is 1.65. The third kappa shape index (κ3) is 4.65. The maximum Gasteiger partial charge on any atom is 0.253 e. The molecular formula is C26H31N3O2S. The first-order chi connectivity index (χ1) is 15.5. The summed E-state index contributed by atoms with van der Waals surface area (Å²) >= 11 is 5.88. The van der Waals surface area contributed by atoms with Crippen molar-refractivity contribution in [3.63, 3.8) is 0 Å². The highest BCUT2D eigenvalue weighted by Gasteiger charge is 2.25. The Kier molecular flexibility index (Phi) is 6.80. The molecule has 3 aromatic rings. The predicted molar refractivity (Wildman–Crippen MR) is 136 cm³/mol. The van der Waals surface area contributed by atoms with Gasteiger partial charge in [0.1, 0.15) is 5.75 Å². The van der Waals surface area contributed by atoms with Gasteiger partial charge in [-0.15, -0.1) is 0 Å². The summed E-state index contributed by atoms with van der Waals surface area (Å²) in [6.07, 6.45) is 5.79. The van der Waals surface area contributed by atoms with Crippen LogP contribution in [0.15, 0.2) is 47.3 Å². The molecule has 0 radical (unpaired) electrons. The molecule has 32 heavy (non-hydrogen) atoms. The van der Waals surface area contributed by atoms with E-state index in [2.05, 4.69) is 28.2 Å². The Morgan fingerprint density at radius 3 is 2.59 bits per heavy atom. The van der Waals surface area contributed by atoms with Gasteiger partial charge in [0, 0.05) is 17.0 Å². The van der Waals surface area contributed by atoms with Crippen LogP contribution in [-0.2, 0) is 6.54 Å². The first-order valence-corrected chi connectivity index (χ1v) is 11.7. The molecule has 2 aromatic carbocycles. The van der Waals surface area contributed by atoms with Crippen LogP contribution in [0.3, 0.4) is 0 Å². The summed E-state index contributed by atoms with van der Waals surface area (Å²) in [6.45, 7) is 4.58. The number of rotatable bonds is 5. The number of aromatic nitrogens is 1. The lowest BCUT2D eigenvalue weighted by molar-refractivity contribution is 0.240.